The number of hydrogen-bond donors (Lipinski definition) is 1. The van der Waals surface area contributed by atoms with E-state index in [2.05, 4.69) is 10.4 Å². The van der Waals surface area contributed by atoms with Crippen molar-refractivity contribution in [3.05, 3.63) is 64.4 Å². The summed E-state index contributed by atoms with van der Waals surface area (Å²) >= 11 is 0. The SMILES string of the molecule is CCCCOC(=O)NCc1ccc(-c2nn(C(C)C)c(=O)c3ccccc23)cc1. The molecule has 0 aliphatic heterocycles. The molecule has 1 N–H and O–H groups in total. The maximum absolute atomic E-state index is 12.7. The molecule has 29 heavy (non-hydrogen) atoms. The summed E-state index contributed by atoms with van der Waals surface area (Å²) in [5.41, 5.74) is 2.57. The van der Waals surface area contributed by atoms with Gasteiger partial charge in [-0.1, -0.05) is 55.8 Å². The van der Waals surface area contributed by atoms with E-state index in [0.29, 0.717) is 18.5 Å². The minimum absolute atomic E-state index is 0.0342. The van der Waals surface area contributed by atoms with E-state index < -0.39 is 6.09 Å². The highest BCUT2D eigenvalue weighted by atomic mass is 16.5. The van der Waals surface area contributed by atoms with Gasteiger partial charge in [-0.25, -0.2) is 9.48 Å². The number of aromatic nitrogens is 2. The standard InChI is InChI=1S/C23H27N3O3/c1-4-5-14-29-23(28)24-15-17-10-12-18(13-11-17)21-19-8-6-7-9-20(19)22(27)26(25-21)16(2)3/h6-13,16H,4-5,14-15H2,1-3H3,(H,24,28). The minimum atomic E-state index is -0.404. The number of benzene rings is 2. The molecule has 0 aliphatic rings. The number of amides is 1. The first-order chi connectivity index (χ1) is 14.0. The highest BCUT2D eigenvalue weighted by Crippen LogP contribution is 2.25. The Morgan fingerprint density at radius 2 is 1.79 bits per heavy atom. The van der Waals surface area contributed by atoms with E-state index in [1.54, 1.807) is 0 Å². The number of carbonyl (C=O) groups is 1. The average molecular weight is 393 g/mol. The van der Waals surface area contributed by atoms with E-state index in [-0.39, 0.29) is 11.6 Å². The van der Waals surface area contributed by atoms with Crippen LogP contribution in [0.25, 0.3) is 22.0 Å². The maximum atomic E-state index is 12.7. The molecular formula is C23H27N3O3. The molecule has 0 atom stereocenters. The smallest absolute Gasteiger partial charge is 0.407 e. The van der Waals surface area contributed by atoms with Crippen molar-refractivity contribution in [1.29, 1.82) is 0 Å². The Bertz CT molecular complexity index is 1040. The lowest BCUT2D eigenvalue weighted by Crippen LogP contribution is -2.25. The minimum Gasteiger partial charge on any atom is -0.450 e. The van der Waals surface area contributed by atoms with Crippen molar-refractivity contribution in [2.24, 2.45) is 0 Å². The number of rotatable bonds is 7. The Morgan fingerprint density at radius 3 is 2.45 bits per heavy atom. The van der Waals surface area contributed by atoms with Gasteiger partial charge in [0.05, 0.1) is 23.7 Å². The lowest BCUT2D eigenvalue weighted by atomic mass is 10.0. The van der Waals surface area contributed by atoms with Gasteiger partial charge in [0.15, 0.2) is 0 Å². The molecule has 1 amide bonds. The van der Waals surface area contributed by atoms with Crippen LogP contribution in [0.2, 0.25) is 0 Å². The third-order valence-corrected chi connectivity index (χ3v) is 4.71. The molecule has 0 saturated heterocycles. The average Bonchev–Trinajstić information content (AvgIpc) is 2.73. The summed E-state index contributed by atoms with van der Waals surface area (Å²) in [4.78, 5) is 24.4. The van der Waals surface area contributed by atoms with Crippen LogP contribution in [0.5, 0.6) is 0 Å². The normalized spacial score (nSPS) is 11.0. The van der Waals surface area contributed by atoms with Crippen LogP contribution in [0.3, 0.4) is 0 Å². The summed E-state index contributed by atoms with van der Waals surface area (Å²) in [6, 6.07) is 15.3. The van der Waals surface area contributed by atoms with Gasteiger partial charge in [0.2, 0.25) is 0 Å². The Balaban J connectivity index is 1.83. The number of ether oxygens (including phenoxy) is 1. The van der Waals surface area contributed by atoms with Crippen molar-refractivity contribution in [3.63, 3.8) is 0 Å². The summed E-state index contributed by atoms with van der Waals surface area (Å²) in [5.74, 6) is 0. The first-order valence-electron chi connectivity index (χ1n) is 10.0. The second-order valence-corrected chi connectivity index (χ2v) is 7.28. The lowest BCUT2D eigenvalue weighted by molar-refractivity contribution is 0.144. The van der Waals surface area contributed by atoms with Crippen LogP contribution in [0.4, 0.5) is 4.79 Å². The number of unbranched alkanes of at least 4 members (excludes halogenated alkanes) is 1. The predicted molar refractivity (Wildman–Crippen MR) is 115 cm³/mol. The zero-order valence-corrected chi connectivity index (χ0v) is 17.1. The molecule has 0 saturated carbocycles. The largest absolute Gasteiger partial charge is 0.450 e. The van der Waals surface area contributed by atoms with Gasteiger partial charge in [-0.3, -0.25) is 4.79 Å². The summed E-state index contributed by atoms with van der Waals surface area (Å²) in [7, 11) is 0. The van der Waals surface area contributed by atoms with Crippen molar-refractivity contribution < 1.29 is 9.53 Å². The molecule has 0 bridgehead atoms. The third-order valence-electron chi connectivity index (χ3n) is 4.71. The van der Waals surface area contributed by atoms with Crippen LogP contribution in [0.1, 0.15) is 45.2 Å². The molecular weight excluding hydrogens is 366 g/mol. The molecule has 0 spiro atoms. The monoisotopic (exact) mass is 393 g/mol. The Hall–Kier alpha value is -3.15. The molecule has 0 aliphatic carbocycles. The first-order valence-corrected chi connectivity index (χ1v) is 10.0. The van der Waals surface area contributed by atoms with E-state index in [0.717, 1.165) is 35.0 Å². The summed E-state index contributed by atoms with van der Waals surface area (Å²) in [6.45, 7) is 6.77. The van der Waals surface area contributed by atoms with Crippen LogP contribution in [-0.4, -0.2) is 22.5 Å². The predicted octanol–water partition coefficient (Wildman–Crippen LogP) is 4.67. The second kappa shape index (κ2) is 9.37. The molecule has 0 unspecified atom stereocenters. The lowest BCUT2D eigenvalue weighted by Gasteiger charge is -2.14. The molecule has 2 aromatic carbocycles. The van der Waals surface area contributed by atoms with Gasteiger partial charge < -0.3 is 10.1 Å². The molecule has 6 heteroatoms. The topological polar surface area (TPSA) is 73.2 Å². The van der Waals surface area contributed by atoms with E-state index in [1.807, 2.05) is 69.3 Å². The summed E-state index contributed by atoms with van der Waals surface area (Å²) < 4.78 is 6.63. The van der Waals surface area contributed by atoms with Crippen molar-refractivity contribution >= 4 is 16.9 Å². The van der Waals surface area contributed by atoms with Gasteiger partial charge in [0.1, 0.15) is 0 Å². The summed E-state index contributed by atoms with van der Waals surface area (Å²) in [5, 5.41) is 8.88. The van der Waals surface area contributed by atoms with Gasteiger partial charge in [-0.2, -0.15) is 5.10 Å². The number of hydrogen-bond acceptors (Lipinski definition) is 4. The number of nitrogens with one attached hydrogen (secondary N) is 1. The quantitative estimate of drug-likeness (QED) is 0.592. The second-order valence-electron chi connectivity index (χ2n) is 7.28. The highest BCUT2D eigenvalue weighted by molar-refractivity contribution is 5.93. The van der Waals surface area contributed by atoms with Crippen LogP contribution in [0, 0.1) is 0 Å². The number of carbonyl (C=O) groups excluding carboxylic acids is 1. The Morgan fingerprint density at radius 1 is 1.10 bits per heavy atom. The molecule has 152 valence electrons. The van der Waals surface area contributed by atoms with Crippen molar-refractivity contribution in [1.82, 2.24) is 15.1 Å². The van der Waals surface area contributed by atoms with E-state index in [4.69, 9.17) is 4.74 Å². The van der Waals surface area contributed by atoms with Crippen molar-refractivity contribution in [2.45, 2.75) is 46.2 Å². The highest BCUT2D eigenvalue weighted by Gasteiger charge is 2.13. The van der Waals surface area contributed by atoms with Gasteiger partial charge in [-0.15, -0.1) is 0 Å². The van der Waals surface area contributed by atoms with Crippen LogP contribution < -0.4 is 10.9 Å². The van der Waals surface area contributed by atoms with Crippen molar-refractivity contribution in [2.75, 3.05) is 6.61 Å². The Labute approximate surface area is 170 Å². The van der Waals surface area contributed by atoms with Crippen LogP contribution in [0.15, 0.2) is 53.3 Å². The van der Waals surface area contributed by atoms with Gasteiger partial charge in [0.25, 0.3) is 5.56 Å². The Kier molecular flexibility index (Phi) is 6.65. The number of alkyl carbamates (subject to hydrolysis) is 1. The first kappa shape index (κ1) is 20.6. The molecule has 3 aromatic rings. The van der Waals surface area contributed by atoms with Gasteiger partial charge in [-0.05, 0) is 31.9 Å². The van der Waals surface area contributed by atoms with Crippen LogP contribution in [-0.2, 0) is 11.3 Å². The molecule has 1 aromatic heterocycles. The zero-order chi connectivity index (χ0) is 20.8. The fourth-order valence-corrected chi connectivity index (χ4v) is 3.08. The van der Waals surface area contributed by atoms with Gasteiger partial charge >= 0.3 is 6.09 Å². The molecule has 0 fully saturated rings. The van der Waals surface area contributed by atoms with E-state index in [1.165, 1.54) is 4.68 Å². The molecule has 1 heterocycles. The number of fused-ring (bicyclic) bond motifs is 1. The fraction of sp³-hybridized carbons (Fsp3) is 0.348. The van der Waals surface area contributed by atoms with Crippen molar-refractivity contribution in [3.8, 4) is 11.3 Å². The number of nitrogens with zero attached hydrogens (tertiary/aromatic N) is 2. The summed E-state index contributed by atoms with van der Waals surface area (Å²) in [6.07, 6.45) is 1.45. The molecule has 0 radical (unpaired) electrons. The molecule has 6 nitrogen and oxygen atoms in total. The van der Waals surface area contributed by atoms with E-state index >= 15 is 0 Å². The van der Waals surface area contributed by atoms with Crippen LogP contribution >= 0.6 is 0 Å². The molecule has 3 rings (SSSR count). The zero-order valence-electron chi connectivity index (χ0n) is 17.1. The maximum Gasteiger partial charge on any atom is 0.407 e. The van der Waals surface area contributed by atoms with E-state index in [9.17, 15) is 9.59 Å². The third kappa shape index (κ3) is 4.83. The van der Waals surface area contributed by atoms with Gasteiger partial charge in [0, 0.05) is 17.5 Å². The fourth-order valence-electron chi connectivity index (χ4n) is 3.08.